The Kier molecular flexibility index (Phi) is 6.60. The van der Waals surface area contributed by atoms with Crippen LogP contribution in [0.4, 0.5) is 0 Å². The van der Waals surface area contributed by atoms with Crippen LogP contribution in [0.25, 0.3) is 0 Å². The van der Waals surface area contributed by atoms with Gasteiger partial charge < -0.3 is 19.9 Å². The Labute approximate surface area is 167 Å². The molecule has 0 amide bonds. The topological polar surface area (TPSA) is 71.7 Å². The molecule has 1 aromatic heterocycles. The van der Waals surface area contributed by atoms with Crippen LogP contribution in [0.15, 0.2) is 39.8 Å². The first-order valence-corrected chi connectivity index (χ1v) is 10.1. The maximum absolute atomic E-state index is 5.44. The summed E-state index contributed by atoms with van der Waals surface area (Å²) in [5, 5.41) is 11.0. The lowest BCUT2D eigenvalue weighted by atomic mass is 9.78. The molecule has 0 radical (unpaired) electrons. The van der Waals surface area contributed by atoms with Crippen LogP contribution in [0.5, 0.6) is 5.75 Å². The first-order valence-electron chi connectivity index (χ1n) is 10.1. The Morgan fingerprint density at radius 3 is 2.68 bits per heavy atom. The molecule has 0 bridgehead atoms. The average molecular weight is 385 g/mol. The van der Waals surface area contributed by atoms with Gasteiger partial charge in [-0.1, -0.05) is 44.0 Å². The molecule has 2 aromatic rings. The highest BCUT2D eigenvalue weighted by molar-refractivity contribution is 5.79. The van der Waals surface area contributed by atoms with Gasteiger partial charge in [-0.3, -0.25) is 4.99 Å². The van der Waals surface area contributed by atoms with E-state index in [0.29, 0.717) is 12.5 Å². The lowest BCUT2D eigenvalue weighted by Crippen LogP contribution is -2.44. The summed E-state index contributed by atoms with van der Waals surface area (Å²) in [5.41, 5.74) is 2.43. The van der Waals surface area contributed by atoms with E-state index in [0.717, 1.165) is 29.7 Å². The van der Waals surface area contributed by atoms with Crippen molar-refractivity contribution in [3.05, 3.63) is 47.3 Å². The molecule has 152 valence electrons. The molecule has 0 spiro atoms. The molecule has 0 atom stereocenters. The molecular weight excluding hydrogens is 352 g/mol. The first kappa shape index (κ1) is 20.2. The summed E-state index contributed by atoms with van der Waals surface area (Å²) in [4.78, 5) is 4.37. The number of guanidine groups is 1. The summed E-state index contributed by atoms with van der Waals surface area (Å²) in [5.74, 6) is 2.87. The molecule has 1 heterocycles. The third-order valence-corrected chi connectivity index (χ3v) is 5.66. The van der Waals surface area contributed by atoms with Crippen molar-refractivity contribution in [3.8, 4) is 5.75 Å². The van der Waals surface area contributed by atoms with E-state index < -0.39 is 0 Å². The number of nitrogens with zero attached hydrogens (tertiary/aromatic N) is 2. The molecule has 1 aliphatic carbocycles. The largest absolute Gasteiger partial charge is 0.497 e. The number of benzene rings is 1. The highest BCUT2D eigenvalue weighted by atomic mass is 16.5. The third-order valence-electron chi connectivity index (χ3n) is 5.66. The van der Waals surface area contributed by atoms with Crippen LogP contribution in [-0.2, 0) is 12.0 Å². The minimum atomic E-state index is 0.114. The molecule has 0 saturated heterocycles. The molecule has 1 aromatic carbocycles. The van der Waals surface area contributed by atoms with Crippen molar-refractivity contribution in [1.82, 2.24) is 15.8 Å². The minimum Gasteiger partial charge on any atom is -0.497 e. The van der Waals surface area contributed by atoms with Gasteiger partial charge >= 0.3 is 0 Å². The van der Waals surface area contributed by atoms with Gasteiger partial charge in [0.15, 0.2) is 11.7 Å². The molecule has 28 heavy (non-hydrogen) atoms. The molecule has 1 aliphatic rings. The van der Waals surface area contributed by atoms with Crippen LogP contribution in [0.3, 0.4) is 0 Å². The average Bonchev–Trinajstić information content (AvgIpc) is 3.39. The molecular formula is C22H32N4O2. The zero-order chi connectivity index (χ0) is 20.0. The molecule has 0 unspecified atom stereocenters. The summed E-state index contributed by atoms with van der Waals surface area (Å²) in [6.07, 6.45) is 4.84. The van der Waals surface area contributed by atoms with Crippen molar-refractivity contribution in [2.45, 2.75) is 57.4 Å². The highest BCUT2D eigenvalue weighted by Gasteiger charge is 2.36. The Bertz CT molecular complexity index is 791. The quantitative estimate of drug-likeness (QED) is 0.558. The fourth-order valence-corrected chi connectivity index (χ4v) is 3.90. The van der Waals surface area contributed by atoms with Crippen molar-refractivity contribution in [3.63, 3.8) is 0 Å². The summed E-state index contributed by atoms with van der Waals surface area (Å²) >= 11 is 0. The van der Waals surface area contributed by atoms with Gasteiger partial charge in [-0.25, -0.2) is 0 Å². The number of rotatable bonds is 7. The molecule has 1 fully saturated rings. The Balaban J connectivity index is 1.63. The van der Waals surface area contributed by atoms with Crippen LogP contribution in [0, 0.1) is 0 Å². The van der Waals surface area contributed by atoms with Crippen LogP contribution in [0.1, 0.15) is 62.5 Å². The van der Waals surface area contributed by atoms with Crippen molar-refractivity contribution in [1.29, 1.82) is 0 Å². The van der Waals surface area contributed by atoms with Crippen molar-refractivity contribution in [2.75, 3.05) is 20.7 Å². The predicted molar refractivity (Wildman–Crippen MR) is 112 cm³/mol. The Morgan fingerprint density at radius 1 is 1.25 bits per heavy atom. The van der Waals surface area contributed by atoms with Gasteiger partial charge in [0.1, 0.15) is 5.75 Å². The summed E-state index contributed by atoms with van der Waals surface area (Å²) in [7, 11) is 3.51. The Morgan fingerprint density at radius 2 is 2.04 bits per heavy atom. The van der Waals surface area contributed by atoms with E-state index in [-0.39, 0.29) is 5.41 Å². The number of aromatic nitrogens is 1. The second-order valence-electron chi connectivity index (χ2n) is 7.87. The normalized spacial score (nSPS) is 16.4. The van der Waals surface area contributed by atoms with Gasteiger partial charge in [0, 0.05) is 25.1 Å². The number of ether oxygens (including phenoxy) is 1. The van der Waals surface area contributed by atoms with E-state index in [2.05, 4.69) is 52.8 Å². The van der Waals surface area contributed by atoms with Crippen molar-refractivity contribution in [2.24, 2.45) is 4.99 Å². The van der Waals surface area contributed by atoms with Crippen LogP contribution < -0.4 is 15.4 Å². The van der Waals surface area contributed by atoms with E-state index in [1.807, 2.05) is 12.1 Å². The smallest absolute Gasteiger partial charge is 0.191 e. The van der Waals surface area contributed by atoms with Gasteiger partial charge in [-0.2, -0.15) is 0 Å². The number of nitrogens with one attached hydrogen (secondary N) is 2. The van der Waals surface area contributed by atoms with Gasteiger partial charge in [-0.15, -0.1) is 0 Å². The van der Waals surface area contributed by atoms with E-state index >= 15 is 0 Å². The lowest BCUT2D eigenvalue weighted by Gasteiger charge is -2.31. The standard InChI is InChI=1S/C22H32N4O2/c1-16(2)20-13-19(28-26-20)14-24-21(23-3)25-15-22(10-5-6-11-22)17-8-7-9-18(12-17)27-4/h7-9,12-13,16H,5-6,10-11,14-15H2,1-4H3,(H2,23,24,25). The van der Waals surface area contributed by atoms with Crippen molar-refractivity contribution >= 4 is 5.96 Å². The summed E-state index contributed by atoms with van der Waals surface area (Å²) in [6.45, 7) is 5.61. The van der Waals surface area contributed by atoms with Gasteiger partial charge in [0.25, 0.3) is 0 Å². The zero-order valence-electron chi connectivity index (χ0n) is 17.4. The predicted octanol–water partition coefficient (Wildman–Crippen LogP) is 3.98. The Hall–Kier alpha value is -2.50. The van der Waals surface area contributed by atoms with Crippen molar-refractivity contribution < 1.29 is 9.26 Å². The fourth-order valence-electron chi connectivity index (χ4n) is 3.90. The van der Waals surface area contributed by atoms with E-state index in [1.165, 1.54) is 31.2 Å². The second kappa shape index (κ2) is 9.13. The molecule has 2 N–H and O–H groups in total. The number of hydrogen-bond donors (Lipinski definition) is 2. The van der Waals surface area contributed by atoms with Crippen LogP contribution in [-0.4, -0.2) is 31.8 Å². The maximum atomic E-state index is 5.44. The van der Waals surface area contributed by atoms with Gasteiger partial charge in [0.05, 0.1) is 19.3 Å². The zero-order valence-corrected chi connectivity index (χ0v) is 17.4. The minimum absolute atomic E-state index is 0.114. The molecule has 0 aliphatic heterocycles. The lowest BCUT2D eigenvalue weighted by molar-refractivity contribution is 0.371. The number of methoxy groups -OCH3 is 1. The van der Waals surface area contributed by atoms with E-state index in [4.69, 9.17) is 9.26 Å². The summed E-state index contributed by atoms with van der Waals surface area (Å²) < 4.78 is 10.8. The molecule has 6 nitrogen and oxygen atoms in total. The molecule has 1 saturated carbocycles. The van der Waals surface area contributed by atoms with Gasteiger partial charge in [0.2, 0.25) is 0 Å². The summed E-state index contributed by atoms with van der Waals surface area (Å²) in [6, 6.07) is 10.5. The number of hydrogen-bond acceptors (Lipinski definition) is 4. The van der Waals surface area contributed by atoms with Gasteiger partial charge in [-0.05, 0) is 36.5 Å². The second-order valence-corrected chi connectivity index (χ2v) is 7.87. The number of aliphatic imine (C=N–C) groups is 1. The van der Waals surface area contributed by atoms with E-state index in [1.54, 1.807) is 14.2 Å². The molecule has 3 rings (SSSR count). The van der Waals surface area contributed by atoms with E-state index in [9.17, 15) is 0 Å². The SMILES string of the molecule is CN=C(NCc1cc(C(C)C)no1)NCC1(c2cccc(OC)c2)CCCC1. The highest BCUT2D eigenvalue weighted by Crippen LogP contribution is 2.41. The van der Waals surface area contributed by atoms with Crippen LogP contribution >= 0.6 is 0 Å². The van der Waals surface area contributed by atoms with Crippen LogP contribution in [0.2, 0.25) is 0 Å². The first-order chi connectivity index (χ1) is 13.6. The molecule has 6 heteroatoms. The maximum Gasteiger partial charge on any atom is 0.191 e. The third kappa shape index (κ3) is 4.66. The monoisotopic (exact) mass is 384 g/mol. The fraction of sp³-hybridized carbons (Fsp3) is 0.545.